The van der Waals surface area contributed by atoms with E-state index in [1.54, 1.807) is 14.2 Å². The molecule has 0 bridgehead atoms. The molecule has 0 atom stereocenters. The highest BCUT2D eigenvalue weighted by molar-refractivity contribution is 7.14. The Morgan fingerprint density at radius 3 is 2.95 bits per heavy atom. The van der Waals surface area contributed by atoms with Crippen LogP contribution < -0.4 is 10.2 Å². The number of rotatable bonds is 7. The lowest BCUT2D eigenvalue weighted by Gasteiger charge is -2.26. The summed E-state index contributed by atoms with van der Waals surface area (Å²) in [6.07, 6.45) is 2.10. The number of nitrogens with one attached hydrogen (secondary N) is 1. The zero-order chi connectivity index (χ0) is 14.4. The van der Waals surface area contributed by atoms with E-state index in [-0.39, 0.29) is 5.91 Å². The quantitative estimate of drug-likeness (QED) is 0.759. The van der Waals surface area contributed by atoms with Crippen LogP contribution in [-0.4, -0.2) is 58.0 Å². The van der Waals surface area contributed by atoms with E-state index in [0.29, 0.717) is 24.8 Å². The molecule has 112 valence electrons. The number of aromatic nitrogens is 1. The zero-order valence-electron chi connectivity index (χ0n) is 12.0. The number of thiazole rings is 1. The first-order valence-electron chi connectivity index (χ1n) is 6.77. The average Bonchev–Trinajstić information content (AvgIpc) is 2.90. The largest absolute Gasteiger partial charge is 0.383 e. The molecule has 1 aliphatic rings. The number of ether oxygens (including phenoxy) is 2. The van der Waals surface area contributed by atoms with Gasteiger partial charge >= 0.3 is 0 Å². The van der Waals surface area contributed by atoms with Gasteiger partial charge in [-0.1, -0.05) is 0 Å². The minimum atomic E-state index is -0.117. The lowest BCUT2D eigenvalue weighted by atomic mass is 10.2. The second kappa shape index (κ2) is 7.56. The molecule has 1 aliphatic heterocycles. The van der Waals surface area contributed by atoms with Gasteiger partial charge in [-0.05, 0) is 12.8 Å². The molecule has 1 N–H and O–H groups in total. The van der Waals surface area contributed by atoms with Crippen molar-refractivity contribution >= 4 is 23.1 Å². The first-order valence-corrected chi connectivity index (χ1v) is 7.58. The molecule has 7 heteroatoms. The standard InChI is InChI=1S/C13H21N3O3S/c1-18-8-5-14-12(17)13-15-11-10(20-13)4-3-6-16(11)7-9-19-2/h3-9H2,1-2H3,(H,14,17). The van der Waals surface area contributed by atoms with E-state index in [9.17, 15) is 4.79 Å². The molecule has 0 saturated heterocycles. The van der Waals surface area contributed by atoms with Crippen LogP contribution in [0.3, 0.4) is 0 Å². The summed E-state index contributed by atoms with van der Waals surface area (Å²) < 4.78 is 10.0. The van der Waals surface area contributed by atoms with Gasteiger partial charge in [0.25, 0.3) is 5.91 Å². The van der Waals surface area contributed by atoms with Gasteiger partial charge in [0, 0.05) is 38.7 Å². The van der Waals surface area contributed by atoms with E-state index in [1.807, 2.05) is 0 Å². The van der Waals surface area contributed by atoms with Gasteiger partial charge in [-0.25, -0.2) is 4.98 Å². The number of amides is 1. The second-order valence-corrected chi connectivity index (χ2v) is 5.68. The summed E-state index contributed by atoms with van der Waals surface area (Å²) in [6, 6.07) is 0. The van der Waals surface area contributed by atoms with Crippen LogP contribution in [0.1, 0.15) is 21.1 Å². The Balaban J connectivity index is 2.03. The Labute approximate surface area is 123 Å². The van der Waals surface area contributed by atoms with Crippen LogP contribution in [0.4, 0.5) is 5.82 Å². The highest BCUT2D eigenvalue weighted by Crippen LogP contribution is 2.31. The number of carbonyl (C=O) groups is 1. The lowest BCUT2D eigenvalue weighted by Crippen LogP contribution is -2.32. The topological polar surface area (TPSA) is 63.7 Å². The van der Waals surface area contributed by atoms with Crippen LogP contribution in [0.15, 0.2) is 0 Å². The van der Waals surface area contributed by atoms with Crippen molar-refractivity contribution in [3.63, 3.8) is 0 Å². The molecule has 20 heavy (non-hydrogen) atoms. The fraction of sp³-hybridized carbons (Fsp3) is 0.692. The fourth-order valence-corrected chi connectivity index (χ4v) is 3.19. The molecule has 0 aliphatic carbocycles. The highest BCUT2D eigenvalue weighted by Gasteiger charge is 2.23. The number of hydrogen-bond donors (Lipinski definition) is 1. The fourth-order valence-electron chi connectivity index (χ4n) is 2.15. The van der Waals surface area contributed by atoms with Crippen molar-refractivity contribution in [1.29, 1.82) is 0 Å². The van der Waals surface area contributed by atoms with E-state index in [1.165, 1.54) is 16.2 Å². The van der Waals surface area contributed by atoms with Gasteiger partial charge in [-0.2, -0.15) is 0 Å². The smallest absolute Gasteiger partial charge is 0.280 e. The van der Waals surface area contributed by atoms with Crippen LogP contribution in [-0.2, 0) is 15.9 Å². The Morgan fingerprint density at radius 2 is 2.20 bits per heavy atom. The van der Waals surface area contributed by atoms with Gasteiger partial charge in [0.1, 0.15) is 5.82 Å². The van der Waals surface area contributed by atoms with Gasteiger partial charge in [0.15, 0.2) is 5.01 Å². The number of hydrogen-bond acceptors (Lipinski definition) is 6. The van der Waals surface area contributed by atoms with Crippen molar-refractivity contribution in [2.45, 2.75) is 12.8 Å². The number of fused-ring (bicyclic) bond motifs is 1. The maximum absolute atomic E-state index is 12.0. The average molecular weight is 299 g/mol. The van der Waals surface area contributed by atoms with Gasteiger partial charge in [-0.15, -0.1) is 11.3 Å². The summed E-state index contributed by atoms with van der Waals surface area (Å²) in [4.78, 5) is 19.9. The summed E-state index contributed by atoms with van der Waals surface area (Å²) in [5, 5.41) is 3.35. The highest BCUT2D eigenvalue weighted by atomic mass is 32.1. The first-order chi connectivity index (χ1) is 9.76. The molecule has 0 unspecified atom stereocenters. The summed E-state index contributed by atoms with van der Waals surface area (Å²) in [7, 11) is 3.31. The van der Waals surface area contributed by atoms with Crippen molar-refractivity contribution in [1.82, 2.24) is 10.3 Å². The molecule has 0 fully saturated rings. The first kappa shape index (κ1) is 15.2. The van der Waals surface area contributed by atoms with Crippen molar-refractivity contribution in [2.24, 2.45) is 0 Å². The summed E-state index contributed by atoms with van der Waals surface area (Å²) in [5.41, 5.74) is 0. The summed E-state index contributed by atoms with van der Waals surface area (Å²) in [6.45, 7) is 3.49. The minimum absolute atomic E-state index is 0.117. The maximum Gasteiger partial charge on any atom is 0.280 e. The third-order valence-electron chi connectivity index (χ3n) is 3.16. The molecule has 0 radical (unpaired) electrons. The van der Waals surface area contributed by atoms with Crippen molar-refractivity contribution in [3.05, 3.63) is 9.88 Å². The van der Waals surface area contributed by atoms with Crippen molar-refractivity contribution < 1.29 is 14.3 Å². The van der Waals surface area contributed by atoms with E-state index < -0.39 is 0 Å². The van der Waals surface area contributed by atoms with E-state index in [2.05, 4.69) is 15.2 Å². The minimum Gasteiger partial charge on any atom is -0.383 e. The van der Waals surface area contributed by atoms with Crippen LogP contribution in [0.25, 0.3) is 0 Å². The molecule has 1 amide bonds. The molecule has 0 aromatic carbocycles. The Kier molecular flexibility index (Phi) is 5.75. The second-order valence-electron chi connectivity index (χ2n) is 4.60. The summed E-state index contributed by atoms with van der Waals surface area (Å²) in [5.74, 6) is 0.836. The van der Waals surface area contributed by atoms with Gasteiger partial charge in [-0.3, -0.25) is 4.79 Å². The van der Waals surface area contributed by atoms with Crippen LogP contribution in [0.5, 0.6) is 0 Å². The Hall–Kier alpha value is -1.18. The van der Waals surface area contributed by atoms with E-state index in [0.717, 1.165) is 31.7 Å². The van der Waals surface area contributed by atoms with Crippen LogP contribution in [0, 0.1) is 0 Å². The number of aryl methyl sites for hydroxylation is 1. The van der Waals surface area contributed by atoms with Gasteiger partial charge in [0.2, 0.25) is 0 Å². The molecule has 6 nitrogen and oxygen atoms in total. The lowest BCUT2D eigenvalue weighted by molar-refractivity contribution is 0.0937. The third-order valence-corrected chi connectivity index (χ3v) is 4.26. The zero-order valence-corrected chi connectivity index (χ0v) is 12.8. The Morgan fingerprint density at radius 1 is 1.40 bits per heavy atom. The molecular weight excluding hydrogens is 278 g/mol. The van der Waals surface area contributed by atoms with Crippen molar-refractivity contribution in [3.8, 4) is 0 Å². The molecule has 2 heterocycles. The predicted octanol–water partition coefficient (Wildman–Crippen LogP) is 0.918. The van der Waals surface area contributed by atoms with Gasteiger partial charge < -0.3 is 19.7 Å². The third kappa shape index (κ3) is 3.68. The predicted molar refractivity (Wildman–Crippen MR) is 78.7 cm³/mol. The van der Waals surface area contributed by atoms with Crippen molar-refractivity contribution in [2.75, 3.05) is 52.0 Å². The van der Waals surface area contributed by atoms with E-state index in [4.69, 9.17) is 9.47 Å². The number of anilines is 1. The SMILES string of the molecule is COCCNC(=O)c1nc2c(s1)CCCN2CCOC. The Bertz CT molecular complexity index is 450. The number of nitrogens with zero attached hydrogens (tertiary/aromatic N) is 2. The normalized spacial score (nSPS) is 14.2. The molecule has 1 aromatic rings. The van der Waals surface area contributed by atoms with E-state index >= 15 is 0 Å². The molecular formula is C13H21N3O3S. The maximum atomic E-state index is 12.0. The number of methoxy groups -OCH3 is 2. The molecule has 2 rings (SSSR count). The number of carbonyl (C=O) groups excluding carboxylic acids is 1. The molecule has 0 spiro atoms. The van der Waals surface area contributed by atoms with Crippen LogP contribution >= 0.6 is 11.3 Å². The van der Waals surface area contributed by atoms with Crippen LogP contribution in [0.2, 0.25) is 0 Å². The molecule has 1 aromatic heterocycles. The summed E-state index contributed by atoms with van der Waals surface area (Å²) >= 11 is 1.49. The van der Waals surface area contributed by atoms with Gasteiger partial charge in [0.05, 0.1) is 13.2 Å². The monoisotopic (exact) mass is 299 g/mol. The molecule has 0 saturated carbocycles.